The zero-order valence-electron chi connectivity index (χ0n) is 18.5. The summed E-state index contributed by atoms with van der Waals surface area (Å²) < 4.78 is 35.3. The molecule has 0 aliphatic heterocycles. The molecule has 0 saturated heterocycles. The molecule has 7 heteroatoms. The lowest BCUT2D eigenvalue weighted by molar-refractivity contribution is -0.111. The third kappa shape index (κ3) is 6.53. The van der Waals surface area contributed by atoms with E-state index in [4.69, 9.17) is 4.74 Å². The molecule has 5 nitrogen and oxygen atoms in total. The summed E-state index contributed by atoms with van der Waals surface area (Å²) in [6.07, 6.45) is 8.98. The third-order valence-electron chi connectivity index (χ3n) is 5.74. The second-order valence-corrected chi connectivity index (χ2v) is 7.94. The highest BCUT2D eigenvalue weighted by Crippen LogP contribution is 2.33. The summed E-state index contributed by atoms with van der Waals surface area (Å²) in [7, 11) is 3.50. The van der Waals surface area contributed by atoms with E-state index in [1.165, 1.54) is 57.4 Å². The average Bonchev–Trinajstić information content (AvgIpc) is 2.79. The van der Waals surface area contributed by atoms with E-state index in [2.05, 4.69) is 22.0 Å². The molecular formula is C25H30F2N2O3. The van der Waals surface area contributed by atoms with Gasteiger partial charge in [0.25, 0.3) is 0 Å². The number of methoxy groups -OCH3 is 1. The molecule has 1 aliphatic rings. The van der Waals surface area contributed by atoms with Crippen LogP contribution in [0.25, 0.3) is 6.08 Å². The number of carbonyl (C=O) groups excluding carboxylic acids is 1. The minimum absolute atomic E-state index is 0.108. The summed E-state index contributed by atoms with van der Waals surface area (Å²) in [6, 6.07) is 13.0. The number of rotatable bonds is 9. The third-order valence-corrected chi connectivity index (χ3v) is 5.74. The van der Waals surface area contributed by atoms with E-state index in [0.717, 1.165) is 17.8 Å². The molecule has 2 aromatic carbocycles. The Labute approximate surface area is 188 Å². The van der Waals surface area contributed by atoms with Gasteiger partial charge in [-0.05, 0) is 43.7 Å². The number of nitrogens with zero attached hydrogens (tertiary/aromatic N) is 1. The van der Waals surface area contributed by atoms with Gasteiger partial charge >= 0.3 is 6.61 Å². The van der Waals surface area contributed by atoms with Crippen LogP contribution in [0.15, 0.2) is 48.5 Å². The van der Waals surface area contributed by atoms with Crippen molar-refractivity contribution < 1.29 is 23.0 Å². The molecule has 1 N–H and O–H groups in total. The Morgan fingerprint density at radius 1 is 1.16 bits per heavy atom. The van der Waals surface area contributed by atoms with Crippen LogP contribution in [0, 0.1) is 0 Å². The number of benzene rings is 2. The predicted octanol–water partition coefficient (Wildman–Crippen LogP) is 5.71. The van der Waals surface area contributed by atoms with Gasteiger partial charge in [-0.2, -0.15) is 8.78 Å². The van der Waals surface area contributed by atoms with Crippen LogP contribution < -0.4 is 14.8 Å². The Kier molecular flexibility index (Phi) is 8.62. The molecule has 2 aromatic rings. The molecule has 0 aromatic heterocycles. The maximum Gasteiger partial charge on any atom is 0.387 e. The van der Waals surface area contributed by atoms with Crippen molar-refractivity contribution in [3.63, 3.8) is 0 Å². The summed E-state index contributed by atoms with van der Waals surface area (Å²) in [5.74, 6) is -0.295. The van der Waals surface area contributed by atoms with E-state index in [1.54, 1.807) is 12.1 Å². The average molecular weight is 445 g/mol. The van der Waals surface area contributed by atoms with Crippen LogP contribution in [0.1, 0.15) is 43.2 Å². The van der Waals surface area contributed by atoms with Crippen molar-refractivity contribution in [1.82, 2.24) is 4.90 Å². The van der Waals surface area contributed by atoms with Crippen molar-refractivity contribution in [2.75, 3.05) is 19.5 Å². The summed E-state index contributed by atoms with van der Waals surface area (Å²) >= 11 is 0. The van der Waals surface area contributed by atoms with Crippen LogP contribution in [0.5, 0.6) is 11.5 Å². The summed E-state index contributed by atoms with van der Waals surface area (Å²) in [4.78, 5) is 14.9. The van der Waals surface area contributed by atoms with Crippen LogP contribution >= 0.6 is 0 Å². The molecule has 0 atom stereocenters. The molecule has 0 radical (unpaired) electrons. The fourth-order valence-corrected chi connectivity index (χ4v) is 4.08. The van der Waals surface area contributed by atoms with Gasteiger partial charge < -0.3 is 14.8 Å². The number of carbonyl (C=O) groups is 1. The second-order valence-electron chi connectivity index (χ2n) is 7.94. The minimum Gasteiger partial charge on any atom is -0.493 e. The van der Waals surface area contributed by atoms with E-state index in [0.29, 0.717) is 11.6 Å². The highest BCUT2D eigenvalue weighted by atomic mass is 19.3. The molecule has 1 amide bonds. The first-order chi connectivity index (χ1) is 15.5. The Morgan fingerprint density at radius 2 is 1.91 bits per heavy atom. The molecular weight excluding hydrogens is 414 g/mol. The zero-order chi connectivity index (χ0) is 22.9. The molecule has 1 aliphatic carbocycles. The number of para-hydroxylation sites is 2. The highest BCUT2D eigenvalue weighted by molar-refractivity contribution is 6.02. The summed E-state index contributed by atoms with van der Waals surface area (Å²) in [5, 5.41) is 2.91. The van der Waals surface area contributed by atoms with Crippen molar-refractivity contribution >= 4 is 17.7 Å². The maximum absolute atomic E-state index is 12.8. The van der Waals surface area contributed by atoms with Gasteiger partial charge in [0.2, 0.25) is 5.91 Å². The SMILES string of the molecule is COc1cccc(/C=C/C(=O)Nc2ccccc2CN(C)C2CCCCC2)c1OC(F)F. The lowest BCUT2D eigenvalue weighted by Crippen LogP contribution is -2.33. The van der Waals surface area contributed by atoms with E-state index in [9.17, 15) is 13.6 Å². The Hall–Kier alpha value is -2.93. The summed E-state index contributed by atoms with van der Waals surface area (Å²) in [6.45, 7) is -2.26. The van der Waals surface area contributed by atoms with Crippen molar-refractivity contribution in [3.8, 4) is 11.5 Å². The monoisotopic (exact) mass is 444 g/mol. The van der Waals surface area contributed by atoms with E-state index >= 15 is 0 Å². The van der Waals surface area contributed by atoms with Gasteiger partial charge in [-0.3, -0.25) is 9.69 Å². The number of nitrogens with one attached hydrogen (secondary N) is 1. The van der Waals surface area contributed by atoms with E-state index < -0.39 is 6.61 Å². The first-order valence-corrected chi connectivity index (χ1v) is 10.9. The number of ether oxygens (including phenoxy) is 2. The normalized spacial score (nSPS) is 14.8. The van der Waals surface area contributed by atoms with Gasteiger partial charge in [0.05, 0.1) is 7.11 Å². The van der Waals surface area contributed by atoms with Crippen LogP contribution in [-0.2, 0) is 11.3 Å². The van der Waals surface area contributed by atoms with Crippen molar-refractivity contribution in [2.24, 2.45) is 0 Å². The first kappa shape index (κ1) is 23.7. The van der Waals surface area contributed by atoms with Gasteiger partial charge in [0.15, 0.2) is 11.5 Å². The Morgan fingerprint density at radius 3 is 2.62 bits per heavy atom. The number of hydrogen-bond acceptors (Lipinski definition) is 4. The first-order valence-electron chi connectivity index (χ1n) is 10.9. The van der Waals surface area contributed by atoms with Crippen LogP contribution in [-0.4, -0.2) is 37.6 Å². The number of hydrogen-bond donors (Lipinski definition) is 1. The standard InChI is InChI=1S/C25H30F2N2O3/c1-29(20-11-4-3-5-12-20)17-19-9-6-7-13-21(19)28-23(30)16-15-18-10-8-14-22(31-2)24(18)32-25(26)27/h6-10,13-16,20,25H,3-5,11-12,17H2,1-2H3,(H,28,30)/b16-15+. The zero-order valence-corrected chi connectivity index (χ0v) is 18.5. The molecule has 172 valence electrons. The second kappa shape index (κ2) is 11.6. The van der Waals surface area contributed by atoms with Crippen LogP contribution in [0.3, 0.4) is 0 Å². The quantitative estimate of drug-likeness (QED) is 0.503. The molecule has 1 fully saturated rings. The van der Waals surface area contributed by atoms with Gasteiger partial charge in [-0.1, -0.05) is 49.6 Å². The number of anilines is 1. The molecule has 0 unspecified atom stereocenters. The molecule has 3 rings (SSSR count). The largest absolute Gasteiger partial charge is 0.493 e. The molecule has 1 saturated carbocycles. The number of alkyl halides is 2. The van der Waals surface area contributed by atoms with Gasteiger partial charge in [0.1, 0.15) is 0 Å². The smallest absolute Gasteiger partial charge is 0.387 e. The van der Waals surface area contributed by atoms with E-state index in [1.807, 2.05) is 24.3 Å². The molecule has 0 spiro atoms. The van der Waals surface area contributed by atoms with Gasteiger partial charge in [-0.25, -0.2) is 0 Å². The topological polar surface area (TPSA) is 50.8 Å². The lowest BCUT2D eigenvalue weighted by Gasteiger charge is -2.31. The Bertz CT molecular complexity index is 927. The number of amides is 1. The maximum atomic E-state index is 12.8. The predicted molar refractivity (Wildman–Crippen MR) is 122 cm³/mol. The van der Waals surface area contributed by atoms with Gasteiger partial charge in [0, 0.05) is 29.9 Å². The Balaban J connectivity index is 1.70. The fraction of sp³-hybridized carbons (Fsp3) is 0.400. The summed E-state index contributed by atoms with van der Waals surface area (Å²) in [5.41, 5.74) is 2.09. The highest BCUT2D eigenvalue weighted by Gasteiger charge is 2.19. The lowest BCUT2D eigenvalue weighted by atomic mass is 9.94. The molecule has 0 heterocycles. The van der Waals surface area contributed by atoms with Crippen LogP contribution in [0.2, 0.25) is 0 Å². The van der Waals surface area contributed by atoms with Crippen molar-refractivity contribution in [3.05, 3.63) is 59.7 Å². The van der Waals surface area contributed by atoms with Crippen molar-refractivity contribution in [2.45, 2.75) is 51.3 Å². The fourth-order valence-electron chi connectivity index (χ4n) is 4.08. The number of halogens is 2. The minimum atomic E-state index is -3.00. The molecule has 0 bridgehead atoms. The molecule has 32 heavy (non-hydrogen) atoms. The van der Waals surface area contributed by atoms with E-state index in [-0.39, 0.29) is 17.4 Å². The van der Waals surface area contributed by atoms with Gasteiger partial charge in [-0.15, -0.1) is 0 Å². The van der Waals surface area contributed by atoms with Crippen LogP contribution in [0.4, 0.5) is 14.5 Å². The van der Waals surface area contributed by atoms with Crippen molar-refractivity contribution in [1.29, 1.82) is 0 Å².